The van der Waals surface area contributed by atoms with Crippen LogP contribution in [0.3, 0.4) is 0 Å². The van der Waals surface area contributed by atoms with Crippen molar-refractivity contribution in [2.75, 3.05) is 0 Å². The minimum absolute atomic E-state index is 0.658. The summed E-state index contributed by atoms with van der Waals surface area (Å²) in [5, 5.41) is 0. The zero-order valence-corrected chi connectivity index (χ0v) is 14.4. The minimum atomic E-state index is 0.658. The summed E-state index contributed by atoms with van der Waals surface area (Å²) < 4.78 is 0. The van der Waals surface area contributed by atoms with E-state index >= 15 is 0 Å². The van der Waals surface area contributed by atoms with Gasteiger partial charge in [-0.1, -0.05) is 78.6 Å². The van der Waals surface area contributed by atoms with E-state index in [2.05, 4.69) is 20.8 Å². The van der Waals surface area contributed by atoms with Gasteiger partial charge in [0.1, 0.15) is 0 Å². The summed E-state index contributed by atoms with van der Waals surface area (Å²) in [7, 11) is 0. The first-order valence-electron chi connectivity index (χ1n) is 9.73. The summed E-state index contributed by atoms with van der Waals surface area (Å²) in [6, 6.07) is 0. The highest BCUT2D eigenvalue weighted by molar-refractivity contribution is 4.95. The lowest BCUT2D eigenvalue weighted by Gasteiger charge is -2.52. The van der Waals surface area contributed by atoms with Crippen molar-refractivity contribution in [1.29, 1.82) is 0 Å². The summed E-state index contributed by atoms with van der Waals surface area (Å²) in [5.74, 6) is 3.06. The highest BCUT2D eigenvalue weighted by Gasteiger charge is 2.45. The molecule has 118 valence electrons. The summed E-state index contributed by atoms with van der Waals surface area (Å²) >= 11 is 0. The van der Waals surface area contributed by atoms with Crippen LogP contribution < -0.4 is 0 Å². The SMILES string of the molecule is CCCC(CC)C(C)(C1CCCCC1)C1CCCCC1. The topological polar surface area (TPSA) is 0 Å². The number of rotatable bonds is 6. The molecule has 2 aliphatic carbocycles. The molecule has 0 heteroatoms. The Balaban J connectivity index is 2.19. The Hall–Kier alpha value is 0. The molecule has 20 heavy (non-hydrogen) atoms. The van der Waals surface area contributed by atoms with Gasteiger partial charge < -0.3 is 0 Å². The molecule has 0 aromatic rings. The van der Waals surface area contributed by atoms with Gasteiger partial charge in [-0.25, -0.2) is 0 Å². The average Bonchev–Trinajstić information content (AvgIpc) is 2.53. The Bertz CT molecular complexity index is 228. The van der Waals surface area contributed by atoms with Crippen LogP contribution in [0.15, 0.2) is 0 Å². The Morgan fingerprint density at radius 2 is 1.25 bits per heavy atom. The van der Waals surface area contributed by atoms with Crippen molar-refractivity contribution in [3.05, 3.63) is 0 Å². The van der Waals surface area contributed by atoms with E-state index in [9.17, 15) is 0 Å². The molecule has 2 aliphatic rings. The lowest BCUT2D eigenvalue weighted by molar-refractivity contribution is -0.0229. The maximum absolute atomic E-state index is 2.72. The van der Waals surface area contributed by atoms with Crippen LogP contribution in [-0.2, 0) is 0 Å². The fourth-order valence-corrected chi connectivity index (χ4v) is 5.75. The van der Waals surface area contributed by atoms with Crippen LogP contribution in [0.1, 0.15) is 104 Å². The van der Waals surface area contributed by atoms with Gasteiger partial charge in [0.2, 0.25) is 0 Å². The zero-order chi connectivity index (χ0) is 14.4. The van der Waals surface area contributed by atoms with E-state index in [4.69, 9.17) is 0 Å². The van der Waals surface area contributed by atoms with Gasteiger partial charge in [-0.3, -0.25) is 0 Å². The van der Waals surface area contributed by atoms with Gasteiger partial charge >= 0.3 is 0 Å². The Morgan fingerprint density at radius 1 is 0.800 bits per heavy atom. The normalized spacial score (nSPS) is 24.8. The Morgan fingerprint density at radius 3 is 1.60 bits per heavy atom. The molecule has 0 aromatic carbocycles. The fourth-order valence-electron chi connectivity index (χ4n) is 5.75. The second-order valence-electron chi connectivity index (χ2n) is 7.93. The first kappa shape index (κ1) is 16.4. The monoisotopic (exact) mass is 278 g/mol. The quantitative estimate of drug-likeness (QED) is 0.491. The van der Waals surface area contributed by atoms with E-state index in [-0.39, 0.29) is 0 Å². The third-order valence-corrected chi connectivity index (χ3v) is 6.98. The Labute approximate surface area is 128 Å². The van der Waals surface area contributed by atoms with Crippen LogP contribution in [0.25, 0.3) is 0 Å². The largest absolute Gasteiger partial charge is 0.0654 e. The standard InChI is InChI=1S/C20H38/c1-4-12-17(5-2)20(3,18-13-8-6-9-14-18)19-15-10-7-11-16-19/h17-19H,4-16H2,1-3H3. The van der Waals surface area contributed by atoms with Crippen molar-refractivity contribution in [3.63, 3.8) is 0 Å². The molecule has 2 rings (SSSR count). The first-order chi connectivity index (χ1) is 9.73. The van der Waals surface area contributed by atoms with Gasteiger partial charge in [-0.05, 0) is 48.9 Å². The smallest absolute Gasteiger partial charge is 0.0241 e. The van der Waals surface area contributed by atoms with Crippen LogP contribution >= 0.6 is 0 Å². The van der Waals surface area contributed by atoms with Crippen molar-refractivity contribution in [2.24, 2.45) is 23.2 Å². The molecule has 0 aliphatic heterocycles. The lowest BCUT2D eigenvalue weighted by atomic mass is 9.53. The molecule has 0 radical (unpaired) electrons. The highest BCUT2D eigenvalue weighted by Crippen LogP contribution is 2.54. The van der Waals surface area contributed by atoms with Crippen molar-refractivity contribution in [1.82, 2.24) is 0 Å². The molecule has 1 atom stereocenters. The van der Waals surface area contributed by atoms with Crippen LogP contribution in [0.5, 0.6) is 0 Å². The van der Waals surface area contributed by atoms with Crippen LogP contribution in [0.2, 0.25) is 0 Å². The van der Waals surface area contributed by atoms with Crippen molar-refractivity contribution >= 4 is 0 Å². The van der Waals surface area contributed by atoms with Crippen molar-refractivity contribution < 1.29 is 0 Å². The maximum Gasteiger partial charge on any atom is -0.0241 e. The van der Waals surface area contributed by atoms with E-state index in [0.717, 1.165) is 17.8 Å². The second kappa shape index (κ2) is 7.85. The first-order valence-corrected chi connectivity index (χ1v) is 9.73. The number of hydrogen-bond donors (Lipinski definition) is 0. The molecule has 0 bridgehead atoms. The lowest BCUT2D eigenvalue weighted by Crippen LogP contribution is -2.43. The Kier molecular flexibility index (Phi) is 6.43. The van der Waals surface area contributed by atoms with Crippen LogP contribution in [0, 0.1) is 23.2 Å². The summed E-state index contributed by atoms with van der Waals surface area (Å²) in [6.07, 6.45) is 19.4. The third-order valence-electron chi connectivity index (χ3n) is 6.98. The molecule has 0 heterocycles. The molecule has 0 saturated heterocycles. The minimum Gasteiger partial charge on any atom is -0.0654 e. The predicted molar refractivity (Wildman–Crippen MR) is 89.9 cm³/mol. The van der Waals surface area contributed by atoms with Crippen molar-refractivity contribution in [2.45, 2.75) is 104 Å². The van der Waals surface area contributed by atoms with Crippen LogP contribution in [0.4, 0.5) is 0 Å². The number of hydrogen-bond acceptors (Lipinski definition) is 0. The zero-order valence-electron chi connectivity index (χ0n) is 14.4. The van der Waals surface area contributed by atoms with Gasteiger partial charge in [0.25, 0.3) is 0 Å². The van der Waals surface area contributed by atoms with E-state index in [0.29, 0.717) is 5.41 Å². The molecule has 1 unspecified atom stereocenters. The highest BCUT2D eigenvalue weighted by atomic mass is 14.5. The van der Waals surface area contributed by atoms with Crippen molar-refractivity contribution in [3.8, 4) is 0 Å². The molecule has 0 spiro atoms. The fraction of sp³-hybridized carbons (Fsp3) is 1.00. The van der Waals surface area contributed by atoms with Gasteiger partial charge in [0, 0.05) is 0 Å². The van der Waals surface area contributed by atoms with E-state index in [1.807, 2.05) is 0 Å². The van der Waals surface area contributed by atoms with E-state index in [1.165, 1.54) is 83.5 Å². The van der Waals surface area contributed by atoms with Crippen LogP contribution in [-0.4, -0.2) is 0 Å². The van der Waals surface area contributed by atoms with Gasteiger partial charge in [-0.2, -0.15) is 0 Å². The van der Waals surface area contributed by atoms with Gasteiger partial charge in [-0.15, -0.1) is 0 Å². The summed E-state index contributed by atoms with van der Waals surface area (Å²) in [5.41, 5.74) is 0.658. The second-order valence-corrected chi connectivity index (χ2v) is 7.93. The molecular formula is C20H38. The molecule has 2 saturated carbocycles. The van der Waals surface area contributed by atoms with Gasteiger partial charge in [0.15, 0.2) is 0 Å². The molecule has 0 amide bonds. The van der Waals surface area contributed by atoms with E-state index < -0.39 is 0 Å². The maximum atomic E-state index is 2.72. The summed E-state index contributed by atoms with van der Waals surface area (Å²) in [6.45, 7) is 7.58. The van der Waals surface area contributed by atoms with E-state index in [1.54, 1.807) is 0 Å². The molecule has 2 fully saturated rings. The predicted octanol–water partition coefficient (Wildman–Crippen LogP) is 6.98. The average molecular weight is 279 g/mol. The molecular weight excluding hydrogens is 240 g/mol. The van der Waals surface area contributed by atoms with Gasteiger partial charge in [0.05, 0.1) is 0 Å². The molecule has 0 N–H and O–H groups in total. The molecule has 0 aromatic heterocycles. The molecule has 0 nitrogen and oxygen atoms in total. The third kappa shape index (κ3) is 3.42. The summed E-state index contributed by atoms with van der Waals surface area (Å²) in [4.78, 5) is 0.